The van der Waals surface area contributed by atoms with E-state index in [1.54, 1.807) is 15.8 Å². The van der Waals surface area contributed by atoms with Crippen molar-refractivity contribution in [3.63, 3.8) is 0 Å². The molecule has 0 spiro atoms. The van der Waals surface area contributed by atoms with Gasteiger partial charge in [0.25, 0.3) is 0 Å². The van der Waals surface area contributed by atoms with Crippen LogP contribution in [-0.4, -0.2) is 38.2 Å². The number of carboxylic acid groups (broad SMARTS) is 1. The van der Waals surface area contributed by atoms with E-state index < -0.39 is 11.9 Å². The summed E-state index contributed by atoms with van der Waals surface area (Å²) in [5.74, 6) is -1.66. The largest absolute Gasteiger partial charge is 0.481 e. The third-order valence-electron chi connectivity index (χ3n) is 3.99. The molecule has 1 aromatic carbocycles. The first-order chi connectivity index (χ1) is 10.6. The van der Waals surface area contributed by atoms with Crippen molar-refractivity contribution in [3.8, 4) is 0 Å². The fraction of sp³-hybridized carbons (Fsp3) is 0.312. The monoisotopic (exact) mass is 299 g/mol. The molecule has 2 aromatic rings. The van der Waals surface area contributed by atoms with Gasteiger partial charge in [-0.25, -0.2) is 0 Å². The van der Waals surface area contributed by atoms with E-state index in [-0.39, 0.29) is 24.9 Å². The normalized spacial score (nSPS) is 19.4. The Balaban J connectivity index is 1.88. The van der Waals surface area contributed by atoms with E-state index in [9.17, 15) is 9.59 Å². The van der Waals surface area contributed by atoms with Crippen LogP contribution in [0.5, 0.6) is 0 Å². The van der Waals surface area contributed by atoms with Gasteiger partial charge in [0.05, 0.1) is 18.5 Å². The van der Waals surface area contributed by atoms with Crippen molar-refractivity contribution < 1.29 is 14.7 Å². The first kappa shape index (κ1) is 14.3. The molecule has 3 rings (SSSR count). The SMILES string of the molecule is O=C(O)C1CC(=O)N(C(Cn2cccn2)c2ccccc2)C1. The zero-order chi connectivity index (χ0) is 15.5. The lowest BCUT2D eigenvalue weighted by Gasteiger charge is -2.28. The van der Waals surface area contributed by atoms with Crippen molar-refractivity contribution in [2.75, 3.05) is 6.54 Å². The van der Waals surface area contributed by atoms with Crippen LogP contribution in [0.2, 0.25) is 0 Å². The van der Waals surface area contributed by atoms with Crippen molar-refractivity contribution in [2.45, 2.75) is 19.0 Å². The first-order valence-electron chi connectivity index (χ1n) is 7.20. The summed E-state index contributed by atoms with van der Waals surface area (Å²) in [4.78, 5) is 25.1. The number of carboxylic acids is 1. The molecule has 1 aliphatic rings. The molecule has 6 heteroatoms. The van der Waals surface area contributed by atoms with E-state index >= 15 is 0 Å². The van der Waals surface area contributed by atoms with Gasteiger partial charge >= 0.3 is 5.97 Å². The molecule has 1 fully saturated rings. The second-order valence-corrected chi connectivity index (χ2v) is 5.44. The number of carbonyl (C=O) groups excluding carboxylic acids is 1. The third-order valence-corrected chi connectivity index (χ3v) is 3.99. The average molecular weight is 299 g/mol. The predicted molar refractivity (Wildman–Crippen MR) is 78.9 cm³/mol. The average Bonchev–Trinajstić information content (AvgIpc) is 3.15. The lowest BCUT2D eigenvalue weighted by molar-refractivity contribution is -0.141. The highest BCUT2D eigenvalue weighted by atomic mass is 16.4. The number of benzene rings is 1. The molecule has 22 heavy (non-hydrogen) atoms. The Labute approximate surface area is 128 Å². The zero-order valence-corrected chi connectivity index (χ0v) is 12.0. The highest BCUT2D eigenvalue weighted by Crippen LogP contribution is 2.30. The molecule has 1 aromatic heterocycles. The Morgan fingerprint density at radius 2 is 2.09 bits per heavy atom. The van der Waals surface area contributed by atoms with E-state index in [2.05, 4.69) is 5.10 Å². The van der Waals surface area contributed by atoms with Crippen LogP contribution in [0.1, 0.15) is 18.0 Å². The van der Waals surface area contributed by atoms with E-state index in [1.165, 1.54) is 0 Å². The van der Waals surface area contributed by atoms with Gasteiger partial charge < -0.3 is 10.0 Å². The molecule has 0 bridgehead atoms. The number of likely N-dealkylation sites (tertiary alicyclic amines) is 1. The quantitative estimate of drug-likeness (QED) is 0.909. The van der Waals surface area contributed by atoms with Gasteiger partial charge in [0, 0.05) is 25.4 Å². The molecule has 1 N–H and O–H groups in total. The highest BCUT2D eigenvalue weighted by Gasteiger charge is 2.38. The molecular weight excluding hydrogens is 282 g/mol. The lowest BCUT2D eigenvalue weighted by atomic mass is 10.1. The Morgan fingerprint density at radius 1 is 1.32 bits per heavy atom. The predicted octanol–water partition coefficient (Wildman–Crippen LogP) is 1.56. The maximum atomic E-state index is 12.3. The number of aliphatic carboxylic acids is 1. The van der Waals surface area contributed by atoms with Crippen LogP contribution in [-0.2, 0) is 16.1 Å². The topological polar surface area (TPSA) is 75.4 Å². The Bertz CT molecular complexity index is 655. The molecule has 0 saturated carbocycles. The van der Waals surface area contributed by atoms with Gasteiger partial charge in [-0.15, -0.1) is 0 Å². The second-order valence-electron chi connectivity index (χ2n) is 5.44. The molecule has 114 valence electrons. The summed E-state index contributed by atoms with van der Waals surface area (Å²) in [6, 6.07) is 11.3. The van der Waals surface area contributed by atoms with Crippen molar-refractivity contribution in [3.05, 3.63) is 54.4 Å². The number of nitrogens with zero attached hydrogens (tertiary/aromatic N) is 3. The zero-order valence-electron chi connectivity index (χ0n) is 12.0. The smallest absolute Gasteiger partial charge is 0.308 e. The van der Waals surface area contributed by atoms with Gasteiger partial charge in [0.15, 0.2) is 0 Å². The number of hydrogen-bond acceptors (Lipinski definition) is 3. The minimum Gasteiger partial charge on any atom is -0.481 e. The summed E-state index contributed by atoms with van der Waals surface area (Å²) in [6.45, 7) is 0.754. The molecule has 1 amide bonds. The van der Waals surface area contributed by atoms with E-state index in [4.69, 9.17) is 5.11 Å². The van der Waals surface area contributed by atoms with Crippen LogP contribution in [0, 0.1) is 5.92 Å². The summed E-state index contributed by atoms with van der Waals surface area (Å²) < 4.78 is 1.76. The van der Waals surface area contributed by atoms with Crippen molar-refractivity contribution in [1.82, 2.24) is 14.7 Å². The van der Waals surface area contributed by atoms with Crippen LogP contribution in [0.25, 0.3) is 0 Å². The molecule has 6 nitrogen and oxygen atoms in total. The summed E-state index contributed by atoms with van der Waals surface area (Å²) >= 11 is 0. The fourth-order valence-electron chi connectivity index (χ4n) is 2.84. The maximum Gasteiger partial charge on any atom is 0.308 e. The Hall–Kier alpha value is -2.63. The van der Waals surface area contributed by atoms with Crippen LogP contribution < -0.4 is 0 Å². The van der Waals surface area contributed by atoms with E-state index in [0.717, 1.165) is 5.56 Å². The minimum absolute atomic E-state index is 0.0672. The Morgan fingerprint density at radius 3 is 2.68 bits per heavy atom. The standard InChI is InChI=1S/C16H17N3O3/c20-15-9-13(16(21)22)10-19(15)14(11-18-8-4-7-17-18)12-5-2-1-3-6-12/h1-8,13-14H,9-11H2,(H,21,22). The summed E-state index contributed by atoms with van der Waals surface area (Å²) in [5.41, 5.74) is 0.984. The molecule has 2 unspecified atom stereocenters. The number of amides is 1. The van der Waals surface area contributed by atoms with Crippen molar-refractivity contribution in [1.29, 1.82) is 0 Å². The first-order valence-corrected chi connectivity index (χ1v) is 7.20. The van der Waals surface area contributed by atoms with E-state index in [1.807, 2.05) is 42.6 Å². The van der Waals surface area contributed by atoms with Crippen molar-refractivity contribution >= 4 is 11.9 Å². The van der Waals surface area contributed by atoms with E-state index in [0.29, 0.717) is 6.54 Å². The van der Waals surface area contributed by atoms with Gasteiger partial charge in [-0.1, -0.05) is 30.3 Å². The van der Waals surface area contributed by atoms with Gasteiger partial charge in [-0.3, -0.25) is 14.3 Å². The number of carbonyl (C=O) groups is 2. The van der Waals surface area contributed by atoms with Gasteiger partial charge in [0.2, 0.25) is 5.91 Å². The summed E-state index contributed by atoms with van der Waals surface area (Å²) in [6.07, 6.45) is 3.59. The van der Waals surface area contributed by atoms with Crippen LogP contribution in [0.4, 0.5) is 0 Å². The lowest BCUT2D eigenvalue weighted by Crippen LogP contribution is -2.33. The second kappa shape index (κ2) is 6.01. The fourth-order valence-corrected chi connectivity index (χ4v) is 2.84. The molecule has 0 aliphatic carbocycles. The number of aromatic nitrogens is 2. The number of rotatable bonds is 5. The van der Waals surface area contributed by atoms with Gasteiger partial charge in [-0.05, 0) is 11.6 Å². The molecule has 2 heterocycles. The highest BCUT2D eigenvalue weighted by molar-refractivity contribution is 5.86. The molecule has 0 radical (unpaired) electrons. The summed E-state index contributed by atoms with van der Waals surface area (Å²) in [7, 11) is 0. The van der Waals surface area contributed by atoms with Gasteiger partial charge in [-0.2, -0.15) is 5.10 Å². The molecule has 1 saturated heterocycles. The molecular formula is C16H17N3O3. The van der Waals surface area contributed by atoms with Crippen LogP contribution >= 0.6 is 0 Å². The van der Waals surface area contributed by atoms with Crippen molar-refractivity contribution in [2.24, 2.45) is 5.92 Å². The molecule has 1 aliphatic heterocycles. The molecule has 2 atom stereocenters. The minimum atomic E-state index is -0.915. The third kappa shape index (κ3) is 2.86. The Kier molecular flexibility index (Phi) is 3.91. The van der Waals surface area contributed by atoms with Gasteiger partial charge in [0.1, 0.15) is 0 Å². The maximum absolute atomic E-state index is 12.3. The van der Waals surface area contributed by atoms with Crippen LogP contribution in [0.3, 0.4) is 0 Å². The van der Waals surface area contributed by atoms with Crippen LogP contribution in [0.15, 0.2) is 48.8 Å². The number of hydrogen-bond donors (Lipinski definition) is 1. The summed E-state index contributed by atoms with van der Waals surface area (Å²) in [5, 5.41) is 13.4.